The van der Waals surface area contributed by atoms with E-state index in [-0.39, 0.29) is 5.91 Å². The largest absolute Gasteiger partial charge is 0.399 e. The Morgan fingerprint density at radius 3 is 2.68 bits per heavy atom. The Hall–Kier alpha value is -1.55. The Kier molecular flexibility index (Phi) is 6.97. The van der Waals surface area contributed by atoms with Crippen molar-refractivity contribution in [1.82, 2.24) is 0 Å². The normalized spacial score (nSPS) is 12.1. The van der Waals surface area contributed by atoms with Gasteiger partial charge in [-0.1, -0.05) is 20.3 Å². The van der Waals surface area contributed by atoms with E-state index in [1.807, 2.05) is 0 Å². The minimum Gasteiger partial charge on any atom is -0.399 e. The zero-order valence-electron chi connectivity index (χ0n) is 11.8. The highest BCUT2D eigenvalue weighted by Crippen LogP contribution is 2.10. The molecule has 0 bridgehead atoms. The van der Waals surface area contributed by atoms with Gasteiger partial charge in [0.1, 0.15) is 0 Å². The third-order valence-electron chi connectivity index (χ3n) is 2.85. The highest BCUT2D eigenvalue weighted by molar-refractivity contribution is 5.90. The molecule has 0 aliphatic heterocycles. The number of anilines is 2. The van der Waals surface area contributed by atoms with Gasteiger partial charge in [0.2, 0.25) is 5.91 Å². The average Bonchev–Trinajstić information content (AvgIpc) is 2.38. The molecule has 4 nitrogen and oxygen atoms in total. The second kappa shape index (κ2) is 8.53. The number of benzene rings is 1. The molecule has 0 spiro atoms. The molecule has 1 rings (SSSR count). The second-order valence-corrected chi connectivity index (χ2v) is 4.89. The highest BCUT2D eigenvalue weighted by atomic mass is 16.5. The summed E-state index contributed by atoms with van der Waals surface area (Å²) in [6.07, 6.45) is 2.71. The van der Waals surface area contributed by atoms with Crippen molar-refractivity contribution in [2.24, 2.45) is 5.92 Å². The van der Waals surface area contributed by atoms with E-state index >= 15 is 0 Å². The predicted molar refractivity (Wildman–Crippen MR) is 79.0 cm³/mol. The predicted octanol–water partition coefficient (Wildman–Crippen LogP) is 3.05. The Morgan fingerprint density at radius 2 is 2.05 bits per heavy atom. The third kappa shape index (κ3) is 6.82. The fourth-order valence-electron chi connectivity index (χ4n) is 1.82. The number of hydrogen-bond donors (Lipinski definition) is 2. The molecular weight excluding hydrogens is 240 g/mol. The molecule has 0 heterocycles. The molecule has 0 saturated carbocycles. The number of nitrogens with two attached hydrogens (primary N) is 1. The molecule has 0 saturated heterocycles. The minimum atomic E-state index is -0.0343. The van der Waals surface area contributed by atoms with Gasteiger partial charge in [0.15, 0.2) is 0 Å². The first-order valence-corrected chi connectivity index (χ1v) is 6.85. The van der Waals surface area contributed by atoms with Crippen LogP contribution in [0, 0.1) is 5.92 Å². The average molecular weight is 264 g/mol. The first-order chi connectivity index (χ1) is 9.11. The van der Waals surface area contributed by atoms with Gasteiger partial charge in [-0.2, -0.15) is 0 Å². The molecule has 0 fully saturated rings. The fourth-order valence-corrected chi connectivity index (χ4v) is 1.82. The van der Waals surface area contributed by atoms with Crippen LogP contribution in [0.3, 0.4) is 0 Å². The van der Waals surface area contributed by atoms with Gasteiger partial charge in [-0.3, -0.25) is 4.79 Å². The molecule has 1 amide bonds. The lowest BCUT2D eigenvalue weighted by Crippen LogP contribution is -2.15. The first-order valence-electron chi connectivity index (χ1n) is 6.85. The zero-order chi connectivity index (χ0) is 14.1. The lowest BCUT2D eigenvalue weighted by molar-refractivity contribution is -0.117. The number of carbonyl (C=O) groups is 1. The van der Waals surface area contributed by atoms with E-state index in [9.17, 15) is 4.79 Å². The Bertz CT molecular complexity index is 376. The summed E-state index contributed by atoms with van der Waals surface area (Å²) in [4.78, 5) is 11.6. The van der Waals surface area contributed by atoms with Gasteiger partial charge in [0, 0.05) is 18.0 Å². The number of carbonyl (C=O) groups excluding carboxylic acids is 1. The van der Waals surface area contributed by atoms with Crippen molar-refractivity contribution in [3.63, 3.8) is 0 Å². The van der Waals surface area contributed by atoms with Gasteiger partial charge < -0.3 is 15.8 Å². The van der Waals surface area contributed by atoms with Crippen LogP contribution >= 0.6 is 0 Å². The lowest BCUT2D eigenvalue weighted by Gasteiger charge is -2.10. The molecule has 1 aromatic rings. The summed E-state index contributed by atoms with van der Waals surface area (Å²) in [6.45, 7) is 5.52. The molecule has 19 heavy (non-hydrogen) atoms. The number of ether oxygens (including phenoxy) is 1. The maximum Gasteiger partial charge on any atom is 0.226 e. The lowest BCUT2D eigenvalue weighted by atomic mass is 10.1. The fraction of sp³-hybridized carbons (Fsp3) is 0.533. The maximum atomic E-state index is 11.6. The summed E-state index contributed by atoms with van der Waals surface area (Å²) in [7, 11) is 0. The van der Waals surface area contributed by atoms with E-state index in [0.29, 0.717) is 24.6 Å². The summed E-state index contributed by atoms with van der Waals surface area (Å²) in [5.74, 6) is 0.526. The van der Waals surface area contributed by atoms with E-state index in [4.69, 9.17) is 10.5 Å². The van der Waals surface area contributed by atoms with Gasteiger partial charge in [0.05, 0.1) is 13.0 Å². The number of amides is 1. The summed E-state index contributed by atoms with van der Waals surface area (Å²) in [5.41, 5.74) is 7.02. The molecule has 4 heteroatoms. The Morgan fingerprint density at radius 1 is 1.37 bits per heavy atom. The molecule has 3 N–H and O–H groups in total. The molecule has 1 atom stereocenters. The van der Waals surface area contributed by atoms with Crippen LogP contribution in [0.5, 0.6) is 0 Å². The van der Waals surface area contributed by atoms with Crippen LogP contribution < -0.4 is 11.1 Å². The Balaban J connectivity index is 2.16. The van der Waals surface area contributed by atoms with E-state index < -0.39 is 0 Å². The summed E-state index contributed by atoms with van der Waals surface area (Å²) in [6, 6.07) is 7.10. The molecule has 1 unspecified atom stereocenters. The van der Waals surface area contributed by atoms with E-state index in [0.717, 1.165) is 18.7 Å². The Labute approximate surface area is 115 Å². The topological polar surface area (TPSA) is 64.3 Å². The number of rotatable bonds is 8. The molecule has 0 aliphatic carbocycles. The number of nitrogens with one attached hydrogen (secondary N) is 1. The highest BCUT2D eigenvalue weighted by Gasteiger charge is 2.04. The van der Waals surface area contributed by atoms with E-state index in [1.54, 1.807) is 24.3 Å². The molecule has 0 aromatic heterocycles. The zero-order valence-corrected chi connectivity index (χ0v) is 11.8. The molecule has 106 valence electrons. The van der Waals surface area contributed by atoms with Crippen LogP contribution in [0.15, 0.2) is 24.3 Å². The standard InChI is InChI=1S/C15H24N2O2/c1-3-4-12(2)11-19-10-9-15(18)17-14-7-5-13(16)6-8-14/h5-8,12H,3-4,9-11,16H2,1-2H3,(H,17,18). The van der Waals surface area contributed by atoms with E-state index in [1.165, 1.54) is 6.42 Å². The van der Waals surface area contributed by atoms with Gasteiger partial charge in [0.25, 0.3) is 0 Å². The van der Waals surface area contributed by atoms with Crippen LogP contribution in [0.2, 0.25) is 0 Å². The van der Waals surface area contributed by atoms with Gasteiger partial charge >= 0.3 is 0 Å². The third-order valence-corrected chi connectivity index (χ3v) is 2.85. The molecule has 0 aliphatic rings. The van der Waals surface area contributed by atoms with Crippen molar-refractivity contribution in [2.75, 3.05) is 24.3 Å². The first kappa shape index (κ1) is 15.5. The second-order valence-electron chi connectivity index (χ2n) is 4.89. The quantitative estimate of drug-likeness (QED) is 0.560. The van der Waals surface area contributed by atoms with Crippen LogP contribution in [-0.4, -0.2) is 19.1 Å². The smallest absolute Gasteiger partial charge is 0.226 e. The minimum absolute atomic E-state index is 0.0343. The van der Waals surface area contributed by atoms with Crippen LogP contribution in [0.25, 0.3) is 0 Å². The van der Waals surface area contributed by atoms with Crippen molar-refractivity contribution in [3.05, 3.63) is 24.3 Å². The monoisotopic (exact) mass is 264 g/mol. The van der Waals surface area contributed by atoms with Crippen molar-refractivity contribution >= 4 is 17.3 Å². The SMILES string of the molecule is CCCC(C)COCCC(=O)Nc1ccc(N)cc1. The van der Waals surface area contributed by atoms with Gasteiger partial charge in [-0.15, -0.1) is 0 Å². The van der Waals surface area contributed by atoms with Crippen molar-refractivity contribution in [1.29, 1.82) is 0 Å². The molecule has 1 aromatic carbocycles. The van der Waals surface area contributed by atoms with Gasteiger partial charge in [-0.25, -0.2) is 0 Å². The summed E-state index contributed by atoms with van der Waals surface area (Å²) in [5, 5.41) is 2.81. The maximum absolute atomic E-state index is 11.6. The van der Waals surface area contributed by atoms with Crippen molar-refractivity contribution in [3.8, 4) is 0 Å². The molecular formula is C15H24N2O2. The van der Waals surface area contributed by atoms with Crippen molar-refractivity contribution < 1.29 is 9.53 Å². The van der Waals surface area contributed by atoms with Crippen LogP contribution in [-0.2, 0) is 9.53 Å². The van der Waals surface area contributed by atoms with Crippen LogP contribution in [0.4, 0.5) is 11.4 Å². The molecule has 0 radical (unpaired) electrons. The van der Waals surface area contributed by atoms with Gasteiger partial charge in [-0.05, 0) is 36.6 Å². The summed E-state index contributed by atoms with van der Waals surface area (Å²) < 4.78 is 5.49. The summed E-state index contributed by atoms with van der Waals surface area (Å²) >= 11 is 0. The number of hydrogen-bond acceptors (Lipinski definition) is 3. The number of nitrogen functional groups attached to an aromatic ring is 1. The van der Waals surface area contributed by atoms with Crippen LogP contribution in [0.1, 0.15) is 33.1 Å². The van der Waals surface area contributed by atoms with Crippen molar-refractivity contribution in [2.45, 2.75) is 33.1 Å². The van der Waals surface area contributed by atoms with E-state index in [2.05, 4.69) is 19.2 Å².